The highest BCUT2D eigenvalue weighted by Crippen LogP contribution is 2.06. The van der Waals surface area contributed by atoms with Gasteiger partial charge >= 0.3 is 23.9 Å². The highest BCUT2D eigenvalue weighted by molar-refractivity contribution is 5.84. The molecule has 840 valence electrons. The van der Waals surface area contributed by atoms with Gasteiger partial charge in [0.1, 0.15) is 64.4 Å². The summed E-state index contributed by atoms with van der Waals surface area (Å²) >= 11 is 0. The number of ether oxygens (including phenoxy) is 3. The molecule has 3 unspecified atom stereocenters. The lowest BCUT2D eigenvalue weighted by Crippen LogP contribution is -2.41. The fourth-order valence-electron chi connectivity index (χ4n) is 11.3. The number of ketones is 7. The second-order valence-corrected chi connectivity index (χ2v) is 38.9. The fraction of sp³-hybridized carbons (Fsp3) is 0.877. The van der Waals surface area contributed by atoms with Crippen molar-refractivity contribution in [3.05, 3.63) is 0 Å². The number of rotatable bonds is 69. The van der Waals surface area contributed by atoms with Gasteiger partial charge in [0.05, 0.1) is 41.0 Å². The summed E-state index contributed by atoms with van der Waals surface area (Å²) in [4.78, 5) is 138. The minimum atomic E-state index is -0.894. The smallest absolute Gasteiger partial charge is 0.322 e. The number of Topliss-reactive ketones (excluding diaryl/α,β-unsaturated/α-hetero) is 7. The Balaban J connectivity index is -0.000000146. The Hall–Kier alpha value is -6.29. The van der Waals surface area contributed by atoms with Crippen molar-refractivity contribution < 1.29 is 76.9 Å². The lowest BCUT2D eigenvalue weighted by molar-refractivity contribution is -0.144. The average molecular weight is 2020 g/mol. The van der Waals surface area contributed by atoms with Crippen LogP contribution in [0.2, 0.25) is 0 Å². The maximum Gasteiger partial charge on any atom is 0.322 e. The molecule has 3 atom stereocenters. The summed E-state index contributed by atoms with van der Waals surface area (Å²) in [5.41, 5.74) is 0. The van der Waals surface area contributed by atoms with Gasteiger partial charge < -0.3 is 123 Å². The molecule has 35 nitrogen and oxygen atoms in total. The second-order valence-electron chi connectivity index (χ2n) is 38.9. The molecular formula is C106H225N19O16. The van der Waals surface area contributed by atoms with Crippen LogP contribution >= 0.6 is 0 Å². The molecule has 1 heterocycles. The Morgan fingerprint density at radius 1 is 0.326 bits per heavy atom. The van der Waals surface area contributed by atoms with Crippen LogP contribution in [0.4, 0.5) is 0 Å². The number of amides is 1. The van der Waals surface area contributed by atoms with Gasteiger partial charge in [0, 0.05) is 131 Å². The van der Waals surface area contributed by atoms with Crippen molar-refractivity contribution in [2.45, 2.75) is 468 Å². The number of nitrogens with zero attached hydrogens (tertiary/aromatic N) is 5. The van der Waals surface area contributed by atoms with E-state index < -0.39 is 12.0 Å². The minimum Gasteiger partial charge on any atom is -0.480 e. The number of carboxylic acid groups (broad SMARTS) is 1. The lowest BCUT2D eigenvalue weighted by atomic mass is 10.1. The molecule has 15 N–H and O–H groups in total. The number of hydrogen-bond donors (Lipinski definition) is 15. The third kappa shape index (κ3) is 162. The predicted octanol–water partition coefficient (Wildman–Crippen LogP) is 13.7. The van der Waals surface area contributed by atoms with Gasteiger partial charge in [-0.3, -0.25) is 38.5 Å². The zero-order valence-electron chi connectivity index (χ0n) is 97.5. The predicted molar refractivity (Wildman–Crippen MR) is 590 cm³/mol. The average Bonchev–Trinajstić information content (AvgIpc) is 1.38. The highest BCUT2D eigenvalue weighted by atomic mass is 16.5. The third-order valence-corrected chi connectivity index (χ3v) is 18.6. The molecule has 0 saturated carbocycles. The summed E-state index contributed by atoms with van der Waals surface area (Å²) in [5.74, 6) is 0.174. The first-order valence-corrected chi connectivity index (χ1v) is 53.0. The molecule has 1 aliphatic rings. The van der Waals surface area contributed by atoms with Crippen LogP contribution in [-0.2, 0) is 71.7 Å². The van der Waals surface area contributed by atoms with Crippen molar-refractivity contribution in [1.82, 2.24) is 84.2 Å². The first-order chi connectivity index (χ1) is 65.9. The summed E-state index contributed by atoms with van der Waals surface area (Å²) in [5, 5.41) is 61.1. The highest BCUT2D eigenvalue weighted by Gasteiger charge is 2.22. The van der Waals surface area contributed by atoms with Crippen LogP contribution in [0.1, 0.15) is 378 Å². The van der Waals surface area contributed by atoms with Crippen LogP contribution in [0.5, 0.6) is 0 Å². The molecule has 0 bridgehead atoms. The normalized spacial score (nSPS) is 11.7. The van der Waals surface area contributed by atoms with Crippen LogP contribution < -0.4 is 74.4 Å². The maximum absolute atomic E-state index is 11.3. The molecule has 0 aromatic heterocycles. The first-order valence-electron chi connectivity index (χ1n) is 53.0. The Morgan fingerprint density at radius 2 is 0.624 bits per heavy atom. The topological polar surface area (TPSA) is 465 Å². The number of carbonyl (C=O) groups is 12. The molecule has 0 aromatic rings. The van der Waals surface area contributed by atoms with Gasteiger partial charge in [0.15, 0.2) is 6.67 Å². The number of carboxylic acids is 1. The zero-order valence-corrected chi connectivity index (χ0v) is 97.5. The van der Waals surface area contributed by atoms with Gasteiger partial charge in [0.25, 0.3) is 0 Å². The van der Waals surface area contributed by atoms with Crippen molar-refractivity contribution in [3.8, 4) is 0 Å². The number of carbonyl (C=O) groups excluding carboxylic acids is 11. The molecule has 141 heavy (non-hydrogen) atoms. The molecule has 0 aromatic carbocycles. The fourth-order valence-corrected chi connectivity index (χ4v) is 11.3. The zero-order chi connectivity index (χ0) is 111. The van der Waals surface area contributed by atoms with Gasteiger partial charge in [0.2, 0.25) is 5.91 Å². The Kier molecular flexibility index (Phi) is 129. The van der Waals surface area contributed by atoms with Crippen LogP contribution in [0.25, 0.3) is 0 Å². The summed E-state index contributed by atoms with van der Waals surface area (Å²) in [6, 6.07) is 4.28. The van der Waals surface area contributed by atoms with Crippen molar-refractivity contribution in [2.24, 2.45) is 15.2 Å². The number of nitrogens with one attached hydrogen (secondary N) is 14. The van der Waals surface area contributed by atoms with Crippen LogP contribution in [0.15, 0.2) is 15.2 Å². The minimum absolute atomic E-state index is 0.0248. The van der Waals surface area contributed by atoms with E-state index in [-0.39, 0.29) is 101 Å². The van der Waals surface area contributed by atoms with Gasteiger partial charge in [-0.2, -0.15) is 5.11 Å². The summed E-state index contributed by atoms with van der Waals surface area (Å²) < 4.78 is 13.9. The van der Waals surface area contributed by atoms with E-state index in [1.54, 1.807) is 20.8 Å². The van der Waals surface area contributed by atoms with Gasteiger partial charge in [-0.15, -0.1) is 5.11 Å². The molecule has 0 fully saturated rings. The molecule has 35 heteroatoms. The Morgan fingerprint density at radius 3 is 0.887 bits per heavy atom. The number of aliphatic carboxylic acids is 1. The lowest BCUT2D eigenvalue weighted by Gasteiger charge is -2.19. The van der Waals surface area contributed by atoms with E-state index >= 15 is 0 Å². The first kappa shape index (κ1) is 157. The van der Waals surface area contributed by atoms with Crippen molar-refractivity contribution in [3.63, 3.8) is 0 Å². The van der Waals surface area contributed by atoms with E-state index in [2.05, 4.69) is 261 Å². The molecule has 0 aliphatic carbocycles. The number of amidine groups is 1. The number of methoxy groups -OCH3 is 3. The van der Waals surface area contributed by atoms with Gasteiger partial charge in [-0.1, -0.05) is 207 Å². The second kappa shape index (κ2) is 116. The summed E-state index contributed by atoms with van der Waals surface area (Å²) in [6.45, 7) is 88.1. The molecule has 0 spiro atoms. The van der Waals surface area contributed by atoms with E-state index in [1.807, 2.05) is 46.4 Å². The molecular weight excluding hydrogens is 1800 g/mol. The van der Waals surface area contributed by atoms with E-state index in [9.17, 15) is 57.5 Å². The van der Waals surface area contributed by atoms with E-state index in [0.29, 0.717) is 132 Å². The van der Waals surface area contributed by atoms with Crippen molar-refractivity contribution in [1.29, 1.82) is 0 Å². The van der Waals surface area contributed by atoms with Crippen LogP contribution in [0.3, 0.4) is 0 Å². The number of hydrogen-bond acceptors (Lipinski definition) is 33. The number of aliphatic imine (C=N–C) groups is 1. The SMILES string of the molecule is CC(=O)CCC(NC(C)C)C(=O)O.CC(=O)CCCNC(C)C.CC(=O)CCCNC(C)C.CC(=O)CNCCCNC(C)C.CC(=O)NCCCNC(C)C.CC(C)NCCCC1=NCN=N1.CCCCNC(C)C.CCCCNC(C)C.CCN(CC)CCCNC(C)C.COC(=O)C(CCC(C)=O)NC(C)C.COC(=O)C(CCC(C)=O)NC(C)C.COC(=O)CN(CCCNC(C)C)CC(C)=O. The number of esters is 3. The molecule has 0 saturated heterocycles. The molecule has 0 radical (unpaired) electrons. The number of azo groups is 1. The van der Waals surface area contributed by atoms with E-state index in [0.717, 1.165) is 110 Å². The quantitative estimate of drug-likeness (QED) is 0.0153. The molecule has 1 aliphatic heterocycles. The Bertz CT molecular complexity index is 2890. The van der Waals surface area contributed by atoms with Gasteiger partial charge in [-0.05, 0) is 211 Å². The monoisotopic (exact) mass is 2020 g/mol. The Labute approximate surface area is 862 Å². The van der Waals surface area contributed by atoms with Crippen molar-refractivity contribution in [2.75, 3.05) is 146 Å². The van der Waals surface area contributed by atoms with Crippen LogP contribution in [0, 0.1) is 0 Å². The van der Waals surface area contributed by atoms with Crippen molar-refractivity contribution >= 4 is 76.1 Å². The standard InChI is InChI=1S/C12H24N2O3.C10H24N2.2C10H19NO3.C9H20N2O.C9H17NO3.C8H16N4.C8H18N2O.2C8H17NO.2C7H17N/c1-10(2)13-6-5-7-14(8-11(3)15)9-12(16)17-4;1-5-12(6-2)9-7-8-11-10(3)4;2*1-7(2)11-9(10(13)14-4)6-5-8(3)12;1-8(2)11-6-4-5-10-7-9(3)12;1-6(2)10-8(9(12)13)5-4-7(3)11;1-7(2)9-5-3-4-8-10-6-11-12-8;1-7(2)9-5-4-6-10-8(3)11;2*1-7(2)9-6-4-5-8(3)10;2*1-4-5-6-8-7(2)3/h10,13H,5-9H2,1-4H3;10-11H,5-9H2,1-4H3;2*7,9,11H,5-6H2,1-4H3;8,10-11H,4-7H2,1-3H3;6,8,10H,4-5H2,1-3H3,(H,12,13);7,9H,3-6H2,1-2H3;7,9H,4-6H2,1-3H3,(H,10,11);2*7,9H,4-6H2,1-3H3;2*7-8H,4-6H2,1-3H3. The summed E-state index contributed by atoms with van der Waals surface area (Å²) in [7, 11) is 4.06. The summed E-state index contributed by atoms with van der Waals surface area (Å²) in [6.07, 6.45) is 17.3. The molecule has 1 rings (SSSR count). The largest absolute Gasteiger partial charge is 0.480 e. The van der Waals surface area contributed by atoms with E-state index in [1.165, 1.54) is 121 Å². The van der Waals surface area contributed by atoms with Gasteiger partial charge in [-0.25, -0.2) is 4.99 Å². The maximum atomic E-state index is 11.3. The third-order valence-electron chi connectivity index (χ3n) is 18.6. The molecule has 1 amide bonds. The van der Waals surface area contributed by atoms with Crippen LogP contribution in [-0.4, -0.2) is 327 Å². The van der Waals surface area contributed by atoms with E-state index in [4.69, 9.17) is 5.11 Å². The number of unbranched alkanes of at least 4 members (excludes halogenated alkanes) is 2.